The molecule has 80 valence electrons. The van der Waals surface area contributed by atoms with Crippen molar-refractivity contribution in [1.29, 1.82) is 0 Å². The minimum absolute atomic E-state index is 0.321. The zero-order chi connectivity index (χ0) is 10.6. The fourth-order valence-corrected chi connectivity index (χ4v) is 1.70. The van der Waals surface area contributed by atoms with Gasteiger partial charge >= 0.3 is 0 Å². The number of aromatic nitrogens is 2. The lowest BCUT2D eigenvalue weighted by atomic mass is 10.7. The van der Waals surface area contributed by atoms with Crippen LogP contribution in [0.2, 0.25) is 25.7 Å². The lowest BCUT2D eigenvalue weighted by molar-refractivity contribution is 0.0783. The molecular weight excluding hydrogens is 199 g/mol. The Morgan fingerprint density at radius 3 is 2.71 bits per heavy atom. The van der Waals surface area contributed by atoms with Crippen LogP contribution in [0.4, 0.5) is 4.39 Å². The van der Waals surface area contributed by atoms with Crippen LogP contribution in [-0.2, 0) is 11.5 Å². The van der Waals surface area contributed by atoms with Crippen LogP contribution >= 0.6 is 0 Å². The van der Waals surface area contributed by atoms with Crippen molar-refractivity contribution in [1.82, 2.24) is 9.78 Å². The summed E-state index contributed by atoms with van der Waals surface area (Å²) < 4.78 is 19.3. The van der Waals surface area contributed by atoms with Gasteiger partial charge in [-0.2, -0.15) is 5.10 Å². The molecule has 1 rings (SSSR count). The van der Waals surface area contributed by atoms with Crippen LogP contribution in [0, 0.1) is 5.82 Å². The average Bonchev–Trinajstić information content (AvgIpc) is 2.44. The topological polar surface area (TPSA) is 27.1 Å². The van der Waals surface area contributed by atoms with E-state index in [9.17, 15) is 4.39 Å². The summed E-state index contributed by atoms with van der Waals surface area (Å²) in [6.07, 6.45) is 2.51. The number of halogens is 1. The van der Waals surface area contributed by atoms with Gasteiger partial charge in [-0.05, 0) is 6.04 Å². The van der Waals surface area contributed by atoms with E-state index >= 15 is 0 Å². The van der Waals surface area contributed by atoms with Crippen LogP contribution in [-0.4, -0.2) is 24.5 Å². The van der Waals surface area contributed by atoms with Gasteiger partial charge in [0, 0.05) is 14.7 Å². The molecule has 0 aromatic carbocycles. The van der Waals surface area contributed by atoms with Crippen molar-refractivity contribution in [3.05, 3.63) is 18.2 Å². The third kappa shape index (κ3) is 4.52. The van der Waals surface area contributed by atoms with E-state index in [0.29, 0.717) is 6.73 Å². The van der Waals surface area contributed by atoms with Crippen molar-refractivity contribution in [3.63, 3.8) is 0 Å². The van der Waals surface area contributed by atoms with E-state index in [1.165, 1.54) is 17.1 Å². The first kappa shape index (κ1) is 11.4. The molecule has 5 heteroatoms. The first-order chi connectivity index (χ1) is 6.47. The Morgan fingerprint density at radius 1 is 1.50 bits per heavy atom. The van der Waals surface area contributed by atoms with E-state index in [-0.39, 0.29) is 5.82 Å². The maximum absolute atomic E-state index is 12.5. The minimum Gasteiger partial charge on any atom is -0.360 e. The third-order valence-corrected chi connectivity index (χ3v) is 3.53. The van der Waals surface area contributed by atoms with Crippen LogP contribution in [0.1, 0.15) is 0 Å². The predicted molar refractivity (Wildman–Crippen MR) is 56.3 cm³/mol. The van der Waals surface area contributed by atoms with Crippen LogP contribution < -0.4 is 0 Å². The smallest absolute Gasteiger partial charge is 0.161 e. The molecular formula is C9H17FN2OSi. The molecule has 1 heterocycles. The van der Waals surface area contributed by atoms with Crippen LogP contribution in [0.15, 0.2) is 12.4 Å². The standard InChI is InChI=1S/C9H17FN2OSi/c1-14(2,3)5-4-13-8-12-7-9(10)6-11-12/h6-7H,4-5,8H2,1-3H3. The fraction of sp³-hybridized carbons (Fsp3) is 0.667. The Bertz CT molecular complexity index is 283. The number of nitrogens with zero attached hydrogens (tertiary/aromatic N) is 2. The van der Waals surface area contributed by atoms with Crippen LogP contribution in [0.5, 0.6) is 0 Å². The van der Waals surface area contributed by atoms with Crippen molar-refractivity contribution in [2.45, 2.75) is 32.4 Å². The SMILES string of the molecule is C[Si](C)(C)CCOCn1cc(F)cn1. The summed E-state index contributed by atoms with van der Waals surface area (Å²) in [7, 11) is -1.02. The molecule has 0 fully saturated rings. The van der Waals surface area contributed by atoms with Gasteiger partial charge in [0.25, 0.3) is 0 Å². The summed E-state index contributed by atoms with van der Waals surface area (Å²) in [5, 5.41) is 3.78. The highest BCUT2D eigenvalue weighted by Gasteiger charge is 2.11. The molecule has 0 unspecified atom stereocenters. The molecule has 0 N–H and O–H groups in total. The monoisotopic (exact) mass is 216 g/mol. The van der Waals surface area contributed by atoms with Gasteiger partial charge in [0.2, 0.25) is 0 Å². The highest BCUT2D eigenvalue weighted by Crippen LogP contribution is 2.07. The average molecular weight is 216 g/mol. The molecule has 0 aliphatic heterocycles. The summed E-state index contributed by atoms with van der Waals surface area (Å²) in [6.45, 7) is 7.96. The van der Waals surface area contributed by atoms with E-state index in [1.807, 2.05) is 0 Å². The molecule has 0 radical (unpaired) electrons. The quantitative estimate of drug-likeness (QED) is 0.558. The molecule has 14 heavy (non-hydrogen) atoms. The first-order valence-corrected chi connectivity index (χ1v) is 8.44. The van der Waals surface area contributed by atoms with Crippen molar-refractivity contribution in [3.8, 4) is 0 Å². The van der Waals surface area contributed by atoms with Crippen LogP contribution in [0.3, 0.4) is 0 Å². The molecule has 0 aliphatic carbocycles. The Kier molecular flexibility index (Phi) is 3.83. The van der Waals surface area contributed by atoms with E-state index < -0.39 is 8.07 Å². The summed E-state index contributed by atoms with van der Waals surface area (Å²) >= 11 is 0. The molecule has 0 bridgehead atoms. The Morgan fingerprint density at radius 2 is 2.21 bits per heavy atom. The summed E-state index contributed by atoms with van der Waals surface area (Å²) in [5.41, 5.74) is 0. The number of hydrogen-bond donors (Lipinski definition) is 0. The molecule has 1 aromatic rings. The van der Waals surface area contributed by atoms with E-state index in [0.717, 1.165) is 12.7 Å². The molecule has 0 amide bonds. The van der Waals surface area contributed by atoms with Gasteiger partial charge in [0.1, 0.15) is 6.73 Å². The van der Waals surface area contributed by atoms with Gasteiger partial charge in [-0.15, -0.1) is 0 Å². The number of rotatable bonds is 5. The third-order valence-electron chi connectivity index (χ3n) is 1.82. The van der Waals surface area contributed by atoms with Crippen LogP contribution in [0.25, 0.3) is 0 Å². The number of ether oxygens (including phenoxy) is 1. The molecule has 0 saturated heterocycles. The normalized spacial score (nSPS) is 12.0. The minimum atomic E-state index is -1.02. The molecule has 0 aliphatic rings. The van der Waals surface area contributed by atoms with Gasteiger partial charge in [-0.25, -0.2) is 9.07 Å². The Labute approximate surface area is 84.9 Å². The Hall–Kier alpha value is -0.683. The lowest BCUT2D eigenvalue weighted by Crippen LogP contribution is -2.22. The lowest BCUT2D eigenvalue weighted by Gasteiger charge is -2.15. The predicted octanol–water partition coefficient (Wildman–Crippen LogP) is 2.33. The fourth-order valence-electron chi connectivity index (χ4n) is 0.945. The second kappa shape index (κ2) is 4.70. The van der Waals surface area contributed by atoms with E-state index in [2.05, 4.69) is 24.7 Å². The van der Waals surface area contributed by atoms with Crippen molar-refractivity contribution >= 4 is 8.07 Å². The van der Waals surface area contributed by atoms with Gasteiger partial charge in [0.05, 0.1) is 12.4 Å². The molecule has 0 spiro atoms. The zero-order valence-corrected chi connectivity index (χ0v) is 9.96. The summed E-state index contributed by atoms with van der Waals surface area (Å²) in [4.78, 5) is 0. The van der Waals surface area contributed by atoms with Gasteiger partial charge in [-0.3, -0.25) is 0 Å². The van der Waals surface area contributed by atoms with Crippen molar-refractivity contribution in [2.75, 3.05) is 6.61 Å². The maximum Gasteiger partial charge on any atom is 0.161 e. The van der Waals surface area contributed by atoms with Crippen molar-refractivity contribution < 1.29 is 9.13 Å². The van der Waals surface area contributed by atoms with E-state index in [4.69, 9.17) is 4.74 Å². The van der Waals surface area contributed by atoms with E-state index in [1.54, 1.807) is 0 Å². The van der Waals surface area contributed by atoms with Gasteiger partial charge in [-0.1, -0.05) is 19.6 Å². The second-order valence-electron chi connectivity index (χ2n) is 4.55. The molecule has 0 atom stereocenters. The Balaban J connectivity index is 2.16. The largest absolute Gasteiger partial charge is 0.360 e. The second-order valence-corrected chi connectivity index (χ2v) is 10.2. The maximum atomic E-state index is 12.5. The highest BCUT2D eigenvalue weighted by molar-refractivity contribution is 6.76. The first-order valence-electron chi connectivity index (χ1n) is 4.73. The molecule has 1 aromatic heterocycles. The summed E-state index contributed by atoms with van der Waals surface area (Å²) in [6, 6.07) is 1.12. The van der Waals surface area contributed by atoms with Gasteiger partial charge in [0.15, 0.2) is 5.82 Å². The van der Waals surface area contributed by atoms with Crippen molar-refractivity contribution in [2.24, 2.45) is 0 Å². The van der Waals surface area contributed by atoms with Gasteiger partial charge < -0.3 is 4.74 Å². The molecule has 0 saturated carbocycles. The number of hydrogen-bond acceptors (Lipinski definition) is 2. The highest BCUT2D eigenvalue weighted by atomic mass is 28.3. The molecule has 3 nitrogen and oxygen atoms in total. The zero-order valence-electron chi connectivity index (χ0n) is 8.96. The summed E-state index contributed by atoms with van der Waals surface area (Å²) in [5.74, 6) is -0.321.